The molecule has 1 aromatic heterocycles. The van der Waals surface area contributed by atoms with E-state index in [0.717, 1.165) is 12.5 Å². The molecule has 0 aliphatic heterocycles. The summed E-state index contributed by atoms with van der Waals surface area (Å²) in [6.07, 6.45) is 0. The molecular weight excluding hydrogens is 284 g/mol. The van der Waals surface area contributed by atoms with Crippen molar-refractivity contribution in [3.8, 4) is 0 Å². The van der Waals surface area contributed by atoms with Crippen LogP contribution >= 0.6 is 11.3 Å². The first-order chi connectivity index (χ1) is 9.82. The molecule has 0 saturated heterocycles. The second-order valence-corrected chi connectivity index (χ2v) is 7.24. The summed E-state index contributed by atoms with van der Waals surface area (Å²) in [5.74, 6) is 0.798. The van der Waals surface area contributed by atoms with Gasteiger partial charge < -0.3 is 16.0 Å². The second-order valence-electron chi connectivity index (χ2n) is 5.87. The molecule has 0 atom stereocenters. The largest absolute Gasteiger partial charge is 0.355 e. The molecule has 0 spiro atoms. The molecule has 1 rings (SSSR count). The first kappa shape index (κ1) is 17.5. The third-order valence-electron chi connectivity index (χ3n) is 2.83. The van der Waals surface area contributed by atoms with E-state index < -0.39 is 0 Å². The van der Waals surface area contributed by atoms with Crippen LogP contribution < -0.4 is 16.0 Å². The van der Waals surface area contributed by atoms with Crippen LogP contribution in [0.5, 0.6) is 0 Å². The van der Waals surface area contributed by atoms with Crippen LogP contribution in [0.15, 0.2) is 17.1 Å². The lowest BCUT2D eigenvalue weighted by Crippen LogP contribution is -2.43. The van der Waals surface area contributed by atoms with Gasteiger partial charge in [-0.2, -0.15) is 0 Å². The number of nitrogens with one attached hydrogen (secondary N) is 3. The van der Waals surface area contributed by atoms with Gasteiger partial charge in [0.05, 0.1) is 6.54 Å². The van der Waals surface area contributed by atoms with Crippen molar-refractivity contribution in [2.45, 2.75) is 34.2 Å². The molecule has 21 heavy (non-hydrogen) atoms. The van der Waals surface area contributed by atoms with Crippen LogP contribution in [0, 0.1) is 12.3 Å². The Morgan fingerprint density at radius 2 is 1.86 bits per heavy atom. The Bertz CT molecular complexity index is 488. The van der Waals surface area contributed by atoms with E-state index in [0.29, 0.717) is 13.1 Å². The smallest absolute Gasteiger partial charge is 0.225 e. The third-order valence-corrected chi connectivity index (χ3v) is 3.83. The van der Waals surface area contributed by atoms with E-state index in [4.69, 9.17) is 0 Å². The molecule has 5 nitrogen and oxygen atoms in total. The van der Waals surface area contributed by atoms with Gasteiger partial charge in [0, 0.05) is 35.3 Å². The summed E-state index contributed by atoms with van der Waals surface area (Å²) in [4.78, 5) is 18.4. The van der Waals surface area contributed by atoms with Crippen molar-refractivity contribution in [2.24, 2.45) is 10.4 Å². The van der Waals surface area contributed by atoms with Crippen LogP contribution in [0.3, 0.4) is 0 Å². The van der Waals surface area contributed by atoms with E-state index in [-0.39, 0.29) is 11.3 Å². The van der Waals surface area contributed by atoms with Gasteiger partial charge in [-0.05, 0) is 19.1 Å². The van der Waals surface area contributed by atoms with E-state index in [1.807, 2.05) is 20.8 Å². The van der Waals surface area contributed by atoms with Crippen molar-refractivity contribution in [1.82, 2.24) is 16.0 Å². The number of nitrogens with zero attached hydrogens (tertiary/aromatic N) is 1. The van der Waals surface area contributed by atoms with E-state index in [1.165, 1.54) is 9.75 Å². The van der Waals surface area contributed by atoms with Gasteiger partial charge in [-0.3, -0.25) is 9.79 Å². The number of carbonyl (C=O) groups is 1. The van der Waals surface area contributed by atoms with Gasteiger partial charge in [0.15, 0.2) is 5.96 Å². The lowest BCUT2D eigenvalue weighted by Gasteiger charge is -2.18. The maximum absolute atomic E-state index is 11.7. The number of aliphatic imine (C=N–C) groups is 1. The lowest BCUT2D eigenvalue weighted by molar-refractivity contribution is -0.128. The Kier molecular flexibility index (Phi) is 6.68. The van der Waals surface area contributed by atoms with Crippen molar-refractivity contribution in [1.29, 1.82) is 0 Å². The minimum atomic E-state index is -0.350. The number of hydrogen-bond donors (Lipinski definition) is 3. The highest BCUT2D eigenvalue weighted by Gasteiger charge is 2.20. The number of hydrogen-bond acceptors (Lipinski definition) is 3. The molecule has 118 valence electrons. The predicted octanol–water partition coefficient (Wildman–Crippen LogP) is 1.88. The summed E-state index contributed by atoms with van der Waals surface area (Å²) in [7, 11) is 1.74. The van der Waals surface area contributed by atoms with Gasteiger partial charge >= 0.3 is 0 Å². The molecule has 0 aliphatic rings. The average molecular weight is 310 g/mol. The van der Waals surface area contributed by atoms with Crippen LogP contribution in [0.25, 0.3) is 0 Å². The Balaban J connectivity index is 2.24. The quantitative estimate of drug-likeness (QED) is 0.442. The molecule has 3 N–H and O–H groups in total. The average Bonchev–Trinajstić information content (AvgIpc) is 2.82. The Labute approximate surface area is 131 Å². The summed E-state index contributed by atoms with van der Waals surface area (Å²) in [5, 5.41) is 9.33. The summed E-state index contributed by atoms with van der Waals surface area (Å²) < 4.78 is 0. The molecule has 1 heterocycles. The van der Waals surface area contributed by atoms with Crippen LogP contribution in [0.2, 0.25) is 0 Å². The van der Waals surface area contributed by atoms with Crippen molar-refractivity contribution in [2.75, 3.05) is 20.1 Å². The number of thiophene rings is 1. The van der Waals surface area contributed by atoms with Crippen LogP contribution in [0.4, 0.5) is 0 Å². The predicted molar refractivity (Wildman–Crippen MR) is 89.7 cm³/mol. The molecule has 1 amide bonds. The van der Waals surface area contributed by atoms with Gasteiger partial charge in [0.2, 0.25) is 5.91 Å². The van der Waals surface area contributed by atoms with Crippen LogP contribution in [-0.4, -0.2) is 32.0 Å². The van der Waals surface area contributed by atoms with Crippen molar-refractivity contribution >= 4 is 23.2 Å². The molecule has 0 saturated carbocycles. The number of rotatable bonds is 5. The van der Waals surface area contributed by atoms with Crippen LogP contribution in [-0.2, 0) is 11.3 Å². The molecule has 0 fully saturated rings. The van der Waals surface area contributed by atoms with Gasteiger partial charge in [-0.15, -0.1) is 11.3 Å². The molecule has 0 unspecified atom stereocenters. The topological polar surface area (TPSA) is 65.5 Å². The van der Waals surface area contributed by atoms with Gasteiger partial charge in [-0.25, -0.2) is 0 Å². The normalized spacial score (nSPS) is 12.1. The molecular formula is C15H26N4OS. The monoisotopic (exact) mass is 310 g/mol. The fourth-order valence-electron chi connectivity index (χ4n) is 1.59. The zero-order valence-electron chi connectivity index (χ0n) is 13.5. The zero-order chi connectivity index (χ0) is 15.9. The number of guanidine groups is 1. The summed E-state index contributed by atoms with van der Waals surface area (Å²) in [5.41, 5.74) is -0.350. The van der Waals surface area contributed by atoms with Gasteiger partial charge in [-0.1, -0.05) is 20.8 Å². The maximum Gasteiger partial charge on any atom is 0.225 e. The van der Waals surface area contributed by atoms with Crippen molar-refractivity contribution in [3.63, 3.8) is 0 Å². The minimum Gasteiger partial charge on any atom is -0.355 e. The molecule has 0 radical (unpaired) electrons. The van der Waals surface area contributed by atoms with E-state index in [1.54, 1.807) is 18.4 Å². The first-order valence-corrected chi connectivity index (χ1v) is 7.92. The van der Waals surface area contributed by atoms with Crippen LogP contribution in [0.1, 0.15) is 30.5 Å². The van der Waals surface area contributed by atoms with Crippen molar-refractivity contribution < 1.29 is 4.79 Å². The highest BCUT2D eigenvalue weighted by Crippen LogP contribution is 2.14. The molecule has 0 bridgehead atoms. The SMILES string of the molecule is CN=C(NCCNC(=O)C(C)(C)C)NCc1ccc(C)s1. The highest BCUT2D eigenvalue weighted by atomic mass is 32.1. The fourth-order valence-corrected chi connectivity index (χ4v) is 2.42. The second kappa shape index (κ2) is 8.02. The fraction of sp³-hybridized carbons (Fsp3) is 0.600. The summed E-state index contributed by atoms with van der Waals surface area (Å²) >= 11 is 1.77. The standard InChI is InChI=1S/C15H26N4OS/c1-11-6-7-12(21-11)10-19-14(16-5)18-9-8-17-13(20)15(2,3)4/h6-7H,8-10H2,1-5H3,(H,17,20)(H2,16,18,19). The van der Waals surface area contributed by atoms with Gasteiger partial charge in [0.25, 0.3) is 0 Å². The van der Waals surface area contributed by atoms with E-state index in [2.05, 4.69) is 40.0 Å². The first-order valence-electron chi connectivity index (χ1n) is 7.11. The van der Waals surface area contributed by atoms with Gasteiger partial charge in [0.1, 0.15) is 0 Å². The Morgan fingerprint density at radius 3 is 2.38 bits per heavy atom. The Morgan fingerprint density at radius 1 is 1.19 bits per heavy atom. The molecule has 1 aromatic rings. The zero-order valence-corrected chi connectivity index (χ0v) is 14.4. The lowest BCUT2D eigenvalue weighted by atomic mass is 9.96. The third kappa shape index (κ3) is 6.62. The Hall–Kier alpha value is -1.56. The minimum absolute atomic E-state index is 0.0568. The molecule has 0 aromatic carbocycles. The van der Waals surface area contributed by atoms with E-state index >= 15 is 0 Å². The summed E-state index contributed by atoms with van der Waals surface area (Å²) in [6, 6.07) is 4.23. The highest BCUT2D eigenvalue weighted by molar-refractivity contribution is 7.11. The maximum atomic E-state index is 11.7. The van der Waals surface area contributed by atoms with Crippen molar-refractivity contribution in [3.05, 3.63) is 21.9 Å². The number of aryl methyl sites for hydroxylation is 1. The number of carbonyl (C=O) groups excluding carboxylic acids is 1. The number of amides is 1. The van der Waals surface area contributed by atoms with E-state index in [9.17, 15) is 4.79 Å². The summed E-state index contributed by atoms with van der Waals surface area (Å²) in [6.45, 7) is 9.78. The molecule has 6 heteroatoms. The molecule has 0 aliphatic carbocycles.